The lowest BCUT2D eigenvalue weighted by Gasteiger charge is -2.29. The van der Waals surface area contributed by atoms with Crippen molar-refractivity contribution >= 4 is 15.7 Å². The van der Waals surface area contributed by atoms with Crippen LogP contribution in [0.4, 0.5) is 14.5 Å². The van der Waals surface area contributed by atoms with Crippen molar-refractivity contribution in [2.24, 2.45) is 0 Å². The van der Waals surface area contributed by atoms with Gasteiger partial charge in [0.2, 0.25) is 10.0 Å². The molecule has 2 aromatic rings. The summed E-state index contributed by atoms with van der Waals surface area (Å²) in [6.07, 6.45) is 3.61. The first-order valence-electron chi connectivity index (χ1n) is 8.64. The summed E-state index contributed by atoms with van der Waals surface area (Å²) in [6, 6.07) is 10.7. The van der Waals surface area contributed by atoms with E-state index >= 15 is 0 Å². The second kappa shape index (κ2) is 7.72. The summed E-state index contributed by atoms with van der Waals surface area (Å²) in [7, 11) is -2.94. The second-order valence-corrected chi connectivity index (χ2v) is 8.51. The molecule has 140 valence electrons. The molecule has 0 amide bonds. The Morgan fingerprint density at radius 2 is 1.54 bits per heavy atom. The first-order valence-corrected chi connectivity index (χ1v) is 10.1. The summed E-state index contributed by atoms with van der Waals surface area (Å²) < 4.78 is 53.7. The number of halogens is 2. The molecule has 0 spiro atoms. The predicted molar refractivity (Wildman–Crippen MR) is 97.5 cm³/mol. The minimum Gasteiger partial charge on any atom is -0.372 e. The Bertz CT molecular complexity index is 843. The lowest BCUT2D eigenvalue weighted by atomic mass is 10.1. The van der Waals surface area contributed by atoms with Gasteiger partial charge in [0, 0.05) is 32.4 Å². The lowest BCUT2D eigenvalue weighted by Crippen LogP contribution is -2.29. The largest absolute Gasteiger partial charge is 0.372 e. The number of anilines is 1. The van der Waals surface area contributed by atoms with Crippen molar-refractivity contribution in [1.82, 2.24) is 4.31 Å². The van der Waals surface area contributed by atoms with Crippen LogP contribution in [0.2, 0.25) is 0 Å². The van der Waals surface area contributed by atoms with E-state index < -0.39 is 26.6 Å². The van der Waals surface area contributed by atoms with Gasteiger partial charge in [0.1, 0.15) is 11.6 Å². The van der Waals surface area contributed by atoms with E-state index in [1.807, 2.05) is 24.3 Å². The van der Waals surface area contributed by atoms with Crippen molar-refractivity contribution in [1.29, 1.82) is 0 Å². The quantitative estimate of drug-likeness (QED) is 0.793. The molecule has 3 rings (SSSR count). The van der Waals surface area contributed by atoms with Crippen molar-refractivity contribution in [2.75, 3.05) is 25.0 Å². The van der Waals surface area contributed by atoms with E-state index in [0.29, 0.717) is 0 Å². The fourth-order valence-electron chi connectivity index (χ4n) is 3.19. The Balaban J connectivity index is 1.75. The Morgan fingerprint density at radius 3 is 2.12 bits per heavy atom. The van der Waals surface area contributed by atoms with Crippen LogP contribution in [0.25, 0.3) is 0 Å². The van der Waals surface area contributed by atoms with E-state index in [1.54, 1.807) is 0 Å². The van der Waals surface area contributed by atoms with E-state index in [1.165, 1.54) is 26.3 Å². The summed E-state index contributed by atoms with van der Waals surface area (Å²) >= 11 is 0. The standard InChI is InChI=1S/C19H22F2N2O2S/c1-22(26(24,25)19-17(20)6-5-7-18(19)21)14-15-8-10-16(11-9-15)23-12-3-2-4-13-23/h5-11H,2-4,12-14H2,1H3. The monoisotopic (exact) mass is 380 g/mol. The Hall–Kier alpha value is -1.99. The molecule has 0 bridgehead atoms. The number of piperidine rings is 1. The highest BCUT2D eigenvalue weighted by atomic mass is 32.2. The van der Waals surface area contributed by atoms with Crippen molar-refractivity contribution in [3.05, 3.63) is 59.7 Å². The van der Waals surface area contributed by atoms with Gasteiger partial charge in [-0.15, -0.1) is 0 Å². The molecular formula is C19H22F2N2O2S. The summed E-state index contributed by atoms with van der Waals surface area (Å²) in [5, 5.41) is 0. The third kappa shape index (κ3) is 3.88. The summed E-state index contributed by atoms with van der Waals surface area (Å²) in [5.74, 6) is -2.17. The van der Waals surface area contributed by atoms with Crippen LogP contribution in [0.5, 0.6) is 0 Å². The average molecular weight is 380 g/mol. The zero-order valence-electron chi connectivity index (χ0n) is 14.7. The second-order valence-electron chi connectivity index (χ2n) is 6.53. The molecule has 0 N–H and O–H groups in total. The molecule has 1 fully saturated rings. The molecule has 0 aromatic heterocycles. The molecule has 1 heterocycles. The highest BCUT2D eigenvalue weighted by Crippen LogP contribution is 2.24. The van der Waals surface area contributed by atoms with Gasteiger partial charge in [0.25, 0.3) is 0 Å². The molecule has 2 aromatic carbocycles. The SMILES string of the molecule is CN(Cc1ccc(N2CCCCC2)cc1)S(=O)(=O)c1c(F)cccc1F. The third-order valence-electron chi connectivity index (χ3n) is 4.65. The third-order valence-corrected chi connectivity index (χ3v) is 6.51. The van der Waals surface area contributed by atoms with Gasteiger partial charge >= 0.3 is 0 Å². The van der Waals surface area contributed by atoms with Gasteiger partial charge in [-0.2, -0.15) is 4.31 Å². The highest BCUT2D eigenvalue weighted by molar-refractivity contribution is 7.89. The highest BCUT2D eigenvalue weighted by Gasteiger charge is 2.28. The van der Waals surface area contributed by atoms with Gasteiger partial charge in [-0.25, -0.2) is 17.2 Å². The van der Waals surface area contributed by atoms with Gasteiger partial charge in [0.15, 0.2) is 4.90 Å². The molecule has 26 heavy (non-hydrogen) atoms. The van der Waals surface area contributed by atoms with E-state index in [0.717, 1.165) is 46.8 Å². The fourth-order valence-corrected chi connectivity index (χ4v) is 4.45. The van der Waals surface area contributed by atoms with Gasteiger partial charge in [-0.3, -0.25) is 0 Å². The zero-order chi connectivity index (χ0) is 18.7. The van der Waals surface area contributed by atoms with Crippen LogP contribution < -0.4 is 4.90 Å². The molecule has 0 radical (unpaired) electrons. The average Bonchev–Trinajstić information content (AvgIpc) is 2.62. The first-order chi connectivity index (χ1) is 12.4. The van der Waals surface area contributed by atoms with Gasteiger partial charge in [-0.1, -0.05) is 18.2 Å². The van der Waals surface area contributed by atoms with E-state index in [9.17, 15) is 17.2 Å². The maximum absolute atomic E-state index is 13.9. The van der Waals surface area contributed by atoms with Crippen LogP contribution in [0, 0.1) is 11.6 Å². The molecule has 0 unspecified atom stereocenters. The van der Waals surface area contributed by atoms with Gasteiger partial charge < -0.3 is 4.90 Å². The maximum Gasteiger partial charge on any atom is 0.248 e. The number of hydrogen-bond donors (Lipinski definition) is 0. The first kappa shape index (κ1) is 18.8. The molecule has 1 aliphatic rings. The van der Waals surface area contributed by atoms with Gasteiger partial charge in [0.05, 0.1) is 0 Å². The smallest absolute Gasteiger partial charge is 0.248 e. The van der Waals surface area contributed by atoms with Crippen LogP contribution in [0.1, 0.15) is 24.8 Å². The van der Waals surface area contributed by atoms with Crippen LogP contribution >= 0.6 is 0 Å². The van der Waals surface area contributed by atoms with Gasteiger partial charge in [-0.05, 0) is 49.1 Å². The van der Waals surface area contributed by atoms with Crippen molar-refractivity contribution < 1.29 is 17.2 Å². The molecular weight excluding hydrogens is 358 g/mol. The summed E-state index contributed by atoms with van der Waals surface area (Å²) in [5.41, 5.74) is 1.87. The molecule has 1 aliphatic heterocycles. The Labute approximate surface area is 153 Å². The fraction of sp³-hybridized carbons (Fsp3) is 0.368. The number of hydrogen-bond acceptors (Lipinski definition) is 3. The summed E-state index contributed by atoms with van der Waals surface area (Å²) in [4.78, 5) is 1.40. The molecule has 4 nitrogen and oxygen atoms in total. The zero-order valence-corrected chi connectivity index (χ0v) is 15.5. The Kier molecular flexibility index (Phi) is 5.58. The van der Waals surface area contributed by atoms with Crippen molar-refractivity contribution in [3.63, 3.8) is 0 Å². The molecule has 0 atom stereocenters. The van der Waals surface area contributed by atoms with Crippen LogP contribution in [-0.2, 0) is 16.6 Å². The summed E-state index contributed by atoms with van der Waals surface area (Å²) in [6.45, 7) is 2.09. The Morgan fingerprint density at radius 1 is 0.962 bits per heavy atom. The predicted octanol–water partition coefficient (Wildman–Crippen LogP) is 3.78. The molecule has 7 heteroatoms. The van der Waals surface area contributed by atoms with E-state index in [2.05, 4.69) is 4.90 Å². The topological polar surface area (TPSA) is 40.6 Å². The molecule has 0 aliphatic carbocycles. The van der Waals surface area contributed by atoms with E-state index in [-0.39, 0.29) is 6.54 Å². The lowest BCUT2D eigenvalue weighted by molar-refractivity contribution is 0.448. The van der Waals surface area contributed by atoms with Crippen molar-refractivity contribution in [3.8, 4) is 0 Å². The van der Waals surface area contributed by atoms with Crippen LogP contribution in [0.3, 0.4) is 0 Å². The number of benzene rings is 2. The number of nitrogens with zero attached hydrogens (tertiary/aromatic N) is 2. The minimum absolute atomic E-state index is 0.0381. The van der Waals surface area contributed by atoms with Crippen LogP contribution in [0.15, 0.2) is 47.4 Å². The molecule has 1 saturated heterocycles. The number of rotatable bonds is 5. The minimum atomic E-state index is -4.26. The van der Waals surface area contributed by atoms with Crippen molar-refractivity contribution in [2.45, 2.75) is 30.7 Å². The van der Waals surface area contributed by atoms with Crippen LogP contribution in [-0.4, -0.2) is 32.9 Å². The normalized spacial score (nSPS) is 15.5. The van der Waals surface area contributed by atoms with E-state index in [4.69, 9.17) is 0 Å². The number of sulfonamides is 1. The molecule has 0 saturated carbocycles. The maximum atomic E-state index is 13.9.